The molecule has 36 heavy (non-hydrogen) atoms. The van der Waals surface area contributed by atoms with E-state index in [9.17, 15) is 4.79 Å². The van der Waals surface area contributed by atoms with Crippen molar-refractivity contribution in [3.63, 3.8) is 0 Å². The number of amides is 2. The van der Waals surface area contributed by atoms with Crippen LogP contribution < -0.4 is 5.32 Å². The van der Waals surface area contributed by atoms with Crippen LogP contribution in [-0.2, 0) is 13.0 Å². The molecule has 184 valence electrons. The zero-order chi connectivity index (χ0) is 24.6. The number of aryl methyl sites for hydroxylation is 2. The van der Waals surface area contributed by atoms with Gasteiger partial charge in [0.1, 0.15) is 5.82 Å². The first-order valence-electron chi connectivity index (χ1n) is 13.1. The van der Waals surface area contributed by atoms with Gasteiger partial charge in [0.2, 0.25) is 0 Å². The van der Waals surface area contributed by atoms with E-state index in [0.29, 0.717) is 6.54 Å². The van der Waals surface area contributed by atoms with E-state index in [2.05, 4.69) is 78.5 Å². The lowest BCUT2D eigenvalue weighted by Crippen LogP contribution is -2.45. The number of carbonyl (C=O) groups is 1. The van der Waals surface area contributed by atoms with Crippen molar-refractivity contribution in [2.75, 3.05) is 0 Å². The number of nitrogens with zero attached hydrogens (tertiary/aromatic N) is 4. The van der Waals surface area contributed by atoms with Crippen LogP contribution in [0.15, 0.2) is 72.9 Å². The first-order valence-corrected chi connectivity index (χ1v) is 13.1. The van der Waals surface area contributed by atoms with E-state index in [-0.39, 0.29) is 18.1 Å². The lowest BCUT2D eigenvalue weighted by molar-refractivity contribution is 0.176. The monoisotopic (exact) mass is 479 g/mol. The van der Waals surface area contributed by atoms with Crippen molar-refractivity contribution in [2.45, 2.75) is 64.6 Å². The number of rotatable bonds is 4. The maximum atomic E-state index is 14.0. The Morgan fingerprint density at radius 1 is 1.00 bits per heavy atom. The molecule has 1 saturated carbocycles. The minimum atomic E-state index is -0.205. The first kappa shape index (κ1) is 22.7. The molecule has 1 aliphatic carbocycles. The Kier molecular flexibility index (Phi) is 5.88. The summed E-state index contributed by atoms with van der Waals surface area (Å²) in [5.41, 5.74) is 6.54. The molecule has 6 heteroatoms. The summed E-state index contributed by atoms with van der Waals surface area (Å²) >= 11 is 0. The highest BCUT2D eigenvalue weighted by Crippen LogP contribution is 2.39. The number of urea groups is 1. The zero-order valence-electron chi connectivity index (χ0n) is 21.0. The Morgan fingerprint density at radius 3 is 2.47 bits per heavy atom. The molecule has 6 rings (SSSR count). The third-order valence-electron chi connectivity index (χ3n) is 7.64. The zero-order valence-corrected chi connectivity index (χ0v) is 21.0. The molecule has 0 bridgehead atoms. The Morgan fingerprint density at radius 2 is 1.75 bits per heavy atom. The van der Waals surface area contributed by atoms with Gasteiger partial charge < -0.3 is 14.8 Å². The van der Waals surface area contributed by atoms with E-state index < -0.39 is 0 Å². The predicted molar refractivity (Wildman–Crippen MR) is 142 cm³/mol. The summed E-state index contributed by atoms with van der Waals surface area (Å²) in [6.45, 7) is 4.74. The van der Waals surface area contributed by atoms with E-state index in [1.807, 2.05) is 27.8 Å². The van der Waals surface area contributed by atoms with E-state index in [4.69, 9.17) is 5.10 Å². The molecule has 6 nitrogen and oxygen atoms in total. The standard InChI is InChI=1S/C30H33N5O/c1-3-26-25-20-34(30(36)31-23-10-7-8-11-23)28(22-17-15-21(2)16-18-22)27-14-9-19-33(27)29(25)35(32-26)24-12-5-4-6-13-24/h4-6,9,12-19,23,28H,3,7-8,10-11,20H2,1-2H3,(H,31,36)/t28-/m1/s1. The molecular formula is C30H33N5O. The summed E-state index contributed by atoms with van der Waals surface area (Å²) in [5, 5.41) is 8.41. The summed E-state index contributed by atoms with van der Waals surface area (Å²) in [6.07, 6.45) is 7.39. The largest absolute Gasteiger partial charge is 0.335 e. The van der Waals surface area contributed by atoms with Crippen molar-refractivity contribution >= 4 is 6.03 Å². The van der Waals surface area contributed by atoms with Crippen LogP contribution >= 0.6 is 0 Å². The average Bonchev–Trinajstić information content (AvgIpc) is 3.64. The summed E-state index contributed by atoms with van der Waals surface area (Å²) in [7, 11) is 0. The van der Waals surface area contributed by atoms with Crippen LogP contribution in [0.3, 0.4) is 0 Å². The molecule has 3 heterocycles. The third-order valence-corrected chi connectivity index (χ3v) is 7.64. The minimum Gasteiger partial charge on any atom is -0.335 e. The molecule has 1 N–H and O–H groups in total. The van der Waals surface area contributed by atoms with Crippen molar-refractivity contribution < 1.29 is 4.79 Å². The second-order valence-corrected chi connectivity index (χ2v) is 10.0. The Labute approximate surface area is 212 Å². The number of para-hydroxylation sites is 1. The van der Waals surface area contributed by atoms with Gasteiger partial charge in [-0.2, -0.15) is 5.10 Å². The van der Waals surface area contributed by atoms with E-state index in [0.717, 1.165) is 53.3 Å². The molecule has 1 fully saturated rings. The molecule has 1 aliphatic heterocycles. The van der Waals surface area contributed by atoms with Gasteiger partial charge >= 0.3 is 6.03 Å². The minimum absolute atomic E-state index is 0.00240. The molecule has 4 aromatic rings. The lowest BCUT2D eigenvalue weighted by atomic mass is 10.0. The summed E-state index contributed by atoms with van der Waals surface area (Å²) < 4.78 is 4.28. The number of aromatic nitrogens is 3. The van der Waals surface area contributed by atoms with Gasteiger partial charge in [-0.3, -0.25) is 0 Å². The molecule has 0 radical (unpaired) electrons. The van der Waals surface area contributed by atoms with Crippen LogP contribution in [0, 0.1) is 6.92 Å². The topological polar surface area (TPSA) is 55.1 Å². The summed E-state index contributed by atoms with van der Waals surface area (Å²) in [6, 6.07) is 23.1. The maximum Gasteiger partial charge on any atom is 0.318 e. The highest BCUT2D eigenvalue weighted by atomic mass is 16.2. The van der Waals surface area contributed by atoms with Gasteiger partial charge in [0.15, 0.2) is 0 Å². The summed E-state index contributed by atoms with van der Waals surface area (Å²) in [5.74, 6) is 1.02. The number of hydrogen-bond donors (Lipinski definition) is 1. The van der Waals surface area contributed by atoms with Gasteiger partial charge in [-0.1, -0.05) is 67.8 Å². The predicted octanol–water partition coefficient (Wildman–Crippen LogP) is 6.09. The van der Waals surface area contributed by atoms with Crippen molar-refractivity contribution in [3.8, 4) is 11.5 Å². The molecule has 0 spiro atoms. The molecule has 2 aromatic carbocycles. The highest BCUT2D eigenvalue weighted by Gasteiger charge is 2.37. The van der Waals surface area contributed by atoms with Crippen molar-refractivity contribution in [3.05, 3.63) is 101 Å². The smallest absolute Gasteiger partial charge is 0.318 e. The number of benzene rings is 2. The third kappa shape index (κ3) is 3.91. The molecule has 2 aromatic heterocycles. The number of nitrogens with one attached hydrogen (secondary N) is 1. The van der Waals surface area contributed by atoms with Crippen LogP contribution in [0.5, 0.6) is 0 Å². The van der Waals surface area contributed by atoms with Crippen molar-refractivity contribution in [1.29, 1.82) is 0 Å². The van der Waals surface area contributed by atoms with Gasteiger partial charge in [0, 0.05) is 17.8 Å². The Balaban J connectivity index is 1.54. The fraction of sp³-hybridized carbons (Fsp3) is 0.333. The van der Waals surface area contributed by atoms with Crippen LogP contribution in [0.2, 0.25) is 0 Å². The normalized spacial score (nSPS) is 17.5. The van der Waals surface area contributed by atoms with E-state index >= 15 is 0 Å². The second-order valence-electron chi connectivity index (χ2n) is 10.0. The van der Waals surface area contributed by atoms with Gasteiger partial charge in [-0.25, -0.2) is 9.48 Å². The molecular weight excluding hydrogens is 446 g/mol. The van der Waals surface area contributed by atoms with Crippen LogP contribution in [-0.4, -0.2) is 31.3 Å². The summed E-state index contributed by atoms with van der Waals surface area (Å²) in [4.78, 5) is 16.0. The second kappa shape index (κ2) is 9.34. The van der Waals surface area contributed by atoms with Crippen molar-refractivity contribution in [1.82, 2.24) is 24.6 Å². The maximum absolute atomic E-state index is 14.0. The quantitative estimate of drug-likeness (QED) is 0.385. The van der Waals surface area contributed by atoms with Gasteiger partial charge in [0.05, 0.1) is 29.7 Å². The van der Waals surface area contributed by atoms with Crippen molar-refractivity contribution in [2.24, 2.45) is 0 Å². The SMILES string of the molecule is CCc1nn(-c2ccccc2)c2c1CN(C(=O)NC1CCCC1)[C@H](c1ccc(C)cc1)c1cccn1-2. The molecule has 1 atom stereocenters. The van der Waals surface area contributed by atoms with Gasteiger partial charge in [-0.15, -0.1) is 0 Å². The van der Waals surface area contributed by atoms with Gasteiger partial charge in [0.25, 0.3) is 0 Å². The molecule has 0 saturated heterocycles. The lowest BCUT2D eigenvalue weighted by Gasteiger charge is -2.32. The van der Waals surface area contributed by atoms with Gasteiger partial charge in [-0.05, 0) is 56.0 Å². The fourth-order valence-electron chi connectivity index (χ4n) is 5.78. The molecule has 0 unspecified atom stereocenters. The highest BCUT2D eigenvalue weighted by molar-refractivity contribution is 5.76. The van der Waals surface area contributed by atoms with Crippen LogP contribution in [0.4, 0.5) is 4.79 Å². The first-order chi connectivity index (χ1) is 17.6. The van der Waals surface area contributed by atoms with E-state index in [1.54, 1.807) is 0 Å². The van der Waals surface area contributed by atoms with Crippen LogP contribution in [0.25, 0.3) is 11.5 Å². The van der Waals surface area contributed by atoms with Crippen LogP contribution in [0.1, 0.15) is 66.7 Å². The van der Waals surface area contributed by atoms with E-state index in [1.165, 1.54) is 18.4 Å². The molecule has 2 aliphatic rings. The molecule has 2 amide bonds. The number of carbonyl (C=O) groups excluding carboxylic acids is 1. The Bertz CT molecular complexity index is 1360. The Hall–Kier alpha value is -3.80. The average molecular weight is 480 g/mol. The number of hydrogen-bond acceptors (Lipinski definition) is 2. The number of fused-ring (bicyclic) bond motifs is 3. The fourth-order valence-corrected chi connectivity index (χ4v) is 5.78.